The van der Waals surface area contributed by atoms with Crippen molar-refractivity contribution in [1.82, 2.24) is 24.7 Å². The smallest absolute Gasteiger partial charge is 0.152 e. The summed E-state index contributed by atoms with van der Waals surface area (Å²) < 4.78 is 2.04. The van der Waals surface area contributed by atoms with E-state index in [2.05, 4.69) is 25.1 Å². The molecule has 3 rings (SSSR count). The summed E-state index contributed by atoms with van der Waals surface area (Å²) in [7, 11) is 0. The van der Waals surface area contributed by atoms with Crippen molar-refractivity contribution in [3.8, 4) is 0 Å². The van der Waals surface area contributed by atoms with Gasteiger partial charge < -0.3 is 15.2 Å². The molecule has 7 heteroatoms. The Morgan fingerprint density at radius 1 is 1.25 bits per heavy atom. The van der Waals surface area contributed by atoms with E-state index in [1.807, 2.05) is 4.57 Å². The Hall–Kier alpha value is -2.18. The Morgan fingerprint density at radius 3 is 3.06 bits per heavy atom. The fraction of sp³-hybridized carbons (Fsp3) is 0.333. The zero-order valence-corrected chi connectivity index (χ0v) is 8.61. The number of rotatable bonds is 1. The maximum Gasteiger partial charge on any atom is 0.152 e. The second kappa shape index (κ2) is 3.44. The summed E-state index contributed by atoms with van der Waals surface area (Å²) in [6, 6.07) is 1.77. The molecule has 82 valence electrons. The van der Waals surface area contributed by atoms with Gasteiger partial charge in [0.1, 0.15) is 24.3 Å². The quantitative estimate of drug-likeness (QED) is 0.704. The molecule has 0 spiro atoms. The molecule has 0 amide bonds. The topological polar surface area (TPSA) is 85.8 Å². The fourth-order valence-electron chi connectivity index (χ4n) is 1.80. The maximum absolute atomic E-state index is 5.63. The first-order chi connectivity index (χ1) is 7.83. The predicted molar refractivity (Wildman–Crippen MR) is 57.5 cm³/mol. The van der Waals surface area contributed by atoms with Crippen LogP contribution >= 0.6 is 0 Å². The number of nitrogens with zero attached hydrogens (tertiary/aromatic N) is 6. The van der Waals surface area contributed by atoms with Gasteiger partial charge in [0.25, 0.3) is 0 Å². The molecule has 0 aliphatic carbocycles. The van der Waals surface area contributed by atoms with Gasteiger partial charge in [-0.25, -0.2) is 9.97 Å². The van der Waals surface area contributed by atoms with Crippen LogP contribution in [0.2, 0.25) is 0 Å². The fourth-order valence-corrected chi connectivity index (χ4v) is 1.80. The summed E-state index contributed by atoms with van der Waals surface area (Å²) in [5, 5.41) is 7.93. The van der Waals surface area contributed by atoms with Crippen LogP contribution in [0.1, 0.15) is 5.82 Å². The summed E-state index contributed by atoms with van der Waals surface area (Å²) in [6.07, 6.45) is 3.23. The van der Waals surface area contributed by atoms with Gasteiger partial charge in [-0.3, -0.25) is 0 Å². The molecule has 2 aromatic heterocycles. The van der Waals surface area contributed by atoms with Crippen LogP contribution in [0.4, 0.5) is 11.6 Å². The third-order valence-corrected chi connectivity index (χ3v) is 2.64. The van der Waals surface area contributed by atoms with E-state index in [4.69, 9.17) is 5.73 Å². The number of aromatic nitrogens is 5. The number of hydrogen-bond acceptors (Lipinski definition) is 6. The van der Waals surface area contributed by atoms with E-state index in [-0.39, 0.29) is 0 Å². The highest BCUT2D eigenvalue weighted by Gasteiger charge is 2.18. The SMILES string of the molecule is Nc1cc(N2CCn3cnnc3C2)ncn1. The van der Waals surface area contributed by atoms with Crippen LogP contribution in [0, 0.1) is 0 Å². The minimum atomic E-state index is 0.483. The van der Waals surface area contributed by atoms with Gasteiger partial charge >= 0.3 is 0 Å². The molecule has 0 saturated heterocycles. The van der Waals surface area contributed by atoms with Gasteiger partial charge in [-0.1, -0.05) is 0 Å². The zero-order valence-electron chi connectivity index (χ0n) is 8.61. The van der Waals surface area contributed by atoms with Gasteiger partial charge in [-0.2, -0.15) is 0 Å². The van der Waals surface area contributed by atoms with Gasteiger partial charge in [0.2, 0.25) is 0 Å². The average Bonchev–Trinajstić information content (AvgIpc) is 2.75. The van der Waals surface area contributed by atoms with Gasteiger partial charge in [0.15, 0.2) is 5.82 Å². The van der Waals surface area contributed by atoms with Gasteiger partial charge in [-0.15, -0.1) is 10.2 Å². The third-order valence-electron chi connectivity index (χ3n) is 2.64. The molecule has 1 aliphatic rings. The number of nitrogens with two attached hydrogens (primary N) is 1. The lowest BCUT2D eigenvalue weighted by atomic mass is 10.3. The highest BCUT2D eigenvalue weighted by molar-refractivity contribution is 5.46. The van der Waals surface area contributed by atoms with Crippen molar-refractivity contribution in [3.05, 3.63) is 24.5 Å². The van der Waals surface area contributed by atoms with E-state index >= 15 is 0 Å². The first-order valence-corrected chi connectivity index (χ1v) is 5.02. The van der Waals surface area contributed by atoms with Crippen molar-refractivity contribution < 1.29 is 0 Å². The highest BCUT2D eigenvalue weighted by Crippen LogP contribution is 2.17. The number of hydrogen-bond donors (Lipinski definition) is 1. The van der Waals surface area contributed by atoms with Gasteiger partial charge in [0, 0.05) is 19.2 Å². The Morgan fingerprint density at radius 2 is 2.19 bits per heavy atom. The van der Waals surface area contributed by atoms with E-state index < -0.39 is 0 Å². The Bertz CT molecular complexity index is 506. The molecular formula is C9H11N7. The molecule has 0 unspecified atom stereocenters. The molecule has 16 heavy (non-hydrogen) atoms. The molecule has 0 fully saturated rings. The Labute approximate surface area is 91.9 Å². The Kier molecular flexibility index (Phi) is 1.95. The summed E-state index contributed by atoms with van der Waals surface area (Å²) in [6.45, 7) is 2.45. The lowest BCUT2D eigenvalue weighted by Crippen LogP contribution is -2.34. The van der Waals surface area contributed by atoms with E-state index in [1.54, 1.807) is 12.4 Å². The number of fused-ring (bicyclic) bond motifs is 1. The van der Waals surface area contributed by atoms with E-state index in [1.165, 1.54) is 6.33 Å². The molecule has 3 heterocycles. The number of anilines is 2. The van der Waals surface area contributed by atoms with Crippen LogP contribution in [0.15, 0.2) is 18.7 Å². The van der Waals surface area contributed by atoms with Crippen molar-refractivity contribution in [1.29, 1.82) is 0 Å². The Balaban J connectivity index is 1.88. The minimum absolute atomic E-state index is 0.483. The third kappa shape index (κ3) is 1.46. The molecule has 0 radical (unpaired) electrons. The summed E-state index contributed by atoms with van der Waals surface area (Å²) in [5.41, 5.74) is 5.63. The highest BCUT2D eigenvalue weighted by atomic mass is 15.3. The van der Waals surface area contributed by atoms with Crippen molar-refractivity contribution in [2.45, 2.75) is 13.1 Å². The second-order valence-corrected chi connectivity index (χ2v) is 3.66. The minimum Gasteiger partial charge on any atom is -0.384 e. The normalized spacial score (nSPS) is 14.9. The van der Waals surface area contributed by atoms with E-state index in [0.717, 1.165) is 24.7 Å². The molecule has 7 nitrogen and oxygen atoms in total. The zero-order chi connectivity index (χ0) is 11.0. The monoisotopic (exact) mass is 217 g/mol. The molecule has 1 aliphatic heterocycles. The van der Waals surface area contributed by atoms with Crippen LogP contribution in [0.5, 0.6) is 0 Å². The second-order valence-electron chi connectivity index (χ2n) is 3.66. The van der Waals surface area contributed by atoms with Crippen LogP contribution in [0.3, 0.4) is 0 Å². The van der Waals surface area contributed by atoms with Crippen molar-refractivity contribution in [2.75, 3.05) is 17.2 Å². The summed E-state index contributed by atoms with van der Waals surface area (Å²) in [5.74, 6) is 2.27. The molecule has 2 N–H and O–H groups in total. The predicted octanol–water partition coefficient (Wildman–Crippen LogP) is -0.330. The largest absolute Gasteiger partial charge is 0.384 e. The van der Waals surface area contributed by atoms with Gasteiger partial charge in [0.05, 0.1) is 6.54 Å². The molecular weight excluding hydrogens is 206 g/mol. The first kappa shape index (κ1) is 9.08. The van der Waals surface area contributed by atoms with E-state index in [0.29, 0.717) is 12.4 Å². The first-order valence-electron chi connectivity index (χ1n) is 5.02. The van der Waals surface area contributed by atoms with Crippen LogP contribution in [-0.2, 0) is 13.1 Å². The summed E-state index contributed by atoms with van der Waals surface area (Å²) in [4.78, 5) is 10.2. The van der Waals surface area contributed by atoms with Crippen LogP contribution in [0.25, 0.3) is 0 Å². The molecule has 0 aromatic carbocycles. The molecule has 0 saturated carbocycles. The summed E-state index contributed by atoms with van der Waals surface area (Å²) >= 11 is 0. The van der Waals surface area contributed by atoms with Crippen molar-refractivity contribution in [2.24, 2.45) is 0 Å². The van der Waals surface area contributed by atoms with E-state index in [9.17, 15) is 0 Å². The lowest BCUT2D eigenvalue weighted by Gasteiger charge is -2.27. The lowest BCUT2D eigenvalue weighted by molar-refractivity contribution is 0.556. The number of nitrogen functional groups attached to an aromatic ring is 1. The van der Waals surface area contributed by atoms with Crippen LogP contribution < -0.4 is 10.6 Å². The van der Waals surface area contributed by atoms with Crippen molar-refractivity contribution >= 4 is 11.6 Å². The van der Waals surface area contributed by atoms with Crippen molar-refractivity contribution in [3.63, 3.8) is 0 Å². The molecule has 2 aromatic rings. The molecule has 0 bridgehead atoms. The van der Waals surface area contributed by atoms with Gasteiger partial charge in [-0.05, 0) is 0 Å². The maximum atomic E-state index is 5.63. The molecule has 0 atom stereocenters. The average molecular weight is 217 g/mol. The van der Waals surface area contributed by atoms with Crippen LogP contribution in [-0.4, -0.2) is 31.3 Å². The standard InChI is InChI=1S/C9H11N7/c10-7-3-8(12-5-11-7)15-1-2-16-6-13-14-9(16)4-15/h3,5-6H,1-2,4H2,(H2,10,11,12).